The fourth-order valence-corrected chi connectivity index (χ4v) is 1.87. The van der Waals surface area contributed by atoms with E-state index in [1.807, 2.05) is 6.92 Å². The second-order valence-corrected chi connectivity index (χ2v) is 6.24. The molecule has 1 aromatic heterocycles. The van der Waals surface area contributed by atoms with Crippen LogP contribution in [0.3, 0.4) is 0 Å². The SMILES string of the molecule is CCc1cc(=S)nc(C(C)S(C)(=O)=O)[nH]1. The van der Waals surface area contributed by atoms with Gasteiger partial charge in [0.2, 0.25) is 0 Å². The van der Waals surface area contributed by atoms with Crippen LogP contribution in [0.5, 0.6) is 0 Å². The number of H-pyrrole nitrogens is 1. The van der Waals surface area contributed by atoms with Crippen molar-refractivity contribution in [1.29, 1.82) is 0 Å². The number of aromatic nitrogens is 2. The molecular formula is C9H14N2O2S2. The Morgan fingerprint density at radius 3 is 2.67 bits per heavy atom. The summed E-state index contributed by atoms with van der Waals surface area (Å²) in [6.07, 6.45) is 1.96. The van der Waals surface area contributed by atoms with E-state index in [2.05, 4.69) is 9.97 Å². The van der Waals surface area contributed by atoms with Crippen LogP contribution in [0.4, 0.5) is 0 Å². The Bertz CT molecular complexity index is 505. The van der Waals surface area contributed by atoms with E-state index < -0.39 is 15.1 Å². The van der Waals surface area contributed by atoms with Gasteiger partial charge in [-0.1, -0.05) is 19.1 Å². The van der Waals surface area contributed by atoms with Crippen molar-refractivity contribution in [3.8, 4) is 0 Å². The van der Waals surface area contributed by atoms with E-state index in [0.29, 0.717) is 10.5 Å². The summed E-state index contributed by atoms with van der Waals surface area (Å²) in [7, 11) is -3.14. The maximum absolute atomic E-state index is 11.3. The normalized spacial score (nSPS) is 13.8. The largest absolute Gasteiger partial charge is 0.346 e. The zero-order valence-electron chi connectivity index (χ0n) is 8.94. The van der Waals surface area contributed by atoms with Gasteiger partial charge in [0.15, 0.2) is 9.84 Å². The Kier molecular flexibility index (Phi) is 3.62. The number of nitrogens with one attached hydrogen (secondary N) is 1. The van der Waals surface area contributed by atoms with Crippen molar-refractivity contribution in [2.75, 3.05) is 6.26 Å². The predicted octanol–water partition coefficient (Wildman–Crippen LogP) is 1.81. The molecule has 0 fully saturated rings. The highest BCUT2D eigenvalue weighted by atomic mass is 32.2. The Hall–Kier alpha value is -0.750. The molecule has 1 heterocycles. The van der Waals surface area contributed by atoms with Crippen molar-refractivity contribution in [2.45, 2.75) is 25.5 Å². The summed E-state index contributed by atoms with van der Waals surface area (Å²) >= 11 is 4.97. The average molecular weight is 246 g/mol. The number of hydrogen-bond acceptors (Lipinski definition) is 4. The summed E-state index contributed by atoms with van der Waals surface area (Å²) in [4.78, 5) is 7.01. The third kappa shape index (κ3) is 3.10. The molecule has 1 atom stereocenters. The molecule has 0 amide bonds. The first-order chi connectivity index (χ1) is 6.84. The van der Waals surface area contributed by atoms with E-state index >= 15 is 0 Å². The lowest BCUT2D eigenvalue weighted by molar-refractivity contribution is 0.588. The summed E-state index contributed by atoms with van der Waals surface area (Å²) in [5, 5.41) is -0.648. The summed E-state index contributed by atoms with van der Waals surface area (Å²) < 4.78 is 23.1. The molecule has 4 nitrogen and oxygen atoms in total. The second-order valence-electron chi connectivity index (χ2n) is 3.46. The molecule has 6 heteroatoms. The fraction of sp³-hybridized carbons (Fsp3) is 0.556. The van der Waals surface area contributed by atoms with Gasteiger partial charge in [0.1, 0.15) is 15.7 Å². The van der Waals surface area contributed by atoms with Crippen LogP contribution in [0.25, 0.3) is 0 Å². The van der Waals surface area contributed by atoms with Gasteiger partial charge in [0, 0.05) is 11.9 Å². The maximum atomic E-state index is 11.3. The smallest absolute Gasteiger partial charge is 0.157 e. The minimum absolute atomic E-state index is 0.418. The highest BCUT2D eigenvalue weighted by Crippen LogP contribution is 2.17. The lowest BCUT2D eigenvalue weighted by Crippen LogP contribution is -2.12. The summed E-state index contributed by atoms with van der Waals surface area (Å²) in [5.41, 5.74) is 0.903. The fourth-order valence-electron chi connectivity index (χ4n) is 1.11. The highest BCUT2D eigenvalue weighted by molar-refractivity contribution is 7.90. The molecule has 0 aliphatic heterocycles. The molecule has 0 saturated heterocycles. The maximum Gasteiger partial charge on any atom is 0.157 e. The molecule has 0 spiro atoms. The van der Waals surface area contributed by atoms with E-state index in [0.717, 1.165) is 12.1 Å². The third-order valence-electron chi connectivity index (χ3n) is 2.23. The molecule has 15 heavy (non-hydrogen) atoms. The molecule has 1 aromatic rings. The molecule has 84 valence electrons. The van der Waals surface area contributed by atoms with Gasteiger partial charge in [0.05, 0.1) is 0 Å². The van der Waals surface area contributed by atoms with Crippen LogP contribution >= 0.6 is 12.2 Å². The Labute approximate surface area is 94.7 Å². The number of sulfone groups is 1. The van der Waals surface area contributed by atoms with E-state index in [1.165, 1.54) is 6.26 Å². The first-order valence-electron chi connectivity index (χ1n) is 4.63. The van der Waals surface area contributed by atoms with Crippen molar-refractivity contribution < 1.29 is 8.42 Å². The molecular weight excluding hydrogens is 232 g/mol. The van der Waals surface area contributed by atoms with Crippen LogP contribution in [0, 0.1) is 4.64 Å². The van der Waals surface area contributed by atoms with Crippen LogP contribution < -0.4 is 0 Å². The van der Waals surface area contributed by atoms with Crippen molar-refractivity contribution in [3.05, 3.63) is 22.2 Å². The van der Waals surface area contributed by atoms with Gasteiger partial charge >= 0.3 is 0 Å². The van der Waals surface area contributed by atoms with Gasteiger partial charge in [-0.25, -0.2) is 13.4 Å². The molecule has 0 saturated carbocycles. The number of hydrogen-bond donors (Lipinski definition) is 1. The molecule has 0 bridgehead atoms. The van der Waals surface area contributed by atoms with Crippen LogP contribution in [0.2, 0.25) is 0 Å². The van der Waals surface area contributed by atoms with Crippen LogP contribution in [0.1, 0.15) is 30.6 Å². The molecule has 1 N–H and O–H groups in total. The van der Waals surface area contributed by atoms with E-state index in [1.54, 1.807) is 13.0 Å². The van der Waals surface area contributed by atoms with Gasteiger partial charge in [-0.3, -0.25) is 0 Å². The first kappa shape index (κ1) is 12.3. The molecule has 0 radical (unpaired) electrons. The van der Waals surface area contributed by atoms with Gasteiger partial charge in [0.25, 0.3) is 0 Å². The van der Waals surface area contributed by atoms with Gasteiger partial charge in [-0.2, -0.15) is 0 Å². The Morgan fingerprint density at radius 2 is 2.20 bits per heavy atom. The predicted molar refractivity (Wildman–Crippen MR) is 62.1 cm³/mol. The minimum Gasteiger partial charge on any atom is -0.346 e. The van der Waals surface area contributed by atoms with Crippen LogP contribution in [-0.2, 0) is 16.3 Å². The monoisotopic (exact) mass is 246 g/mol. The molecule has 0 aromatic carbocycles. The standard InChI is InChI=1S/C9H14N2O2S2/c1-4-7-5-8(14)11-9(10-7)6(2)15(3,12)13/h5-6H,4H2,1-3H3,(H,10,11,14). The van der Waals surface area contributed by atoms with E-state index in [4.69, 9.17) is 12.2 Å². The van der Waals surface area contributed by atoms with Crippen LogP contribution in [-0.4, -0.2) is 24.6 Å². The van der Waals surface area contributed by atoms with Crippen molar-refractivity contribution in [2.24, 2.45) is 0 Å². The topological polar surface area (TPSA) is 62.8 Å². The quantitative estimate of drug-likeness (QED) is 0.826. The highest BCUT2D eigenvalue weighted by Gasteiger charge is 2.19. The molecule has 0 aliphatic rings. The third-order valence-corrected chi connectivity index (χ3v) is 3.94. The summed E-state index contributed by atoms with van der Waals surface area (Å²) in [5.74, 6) is 0.418. The first-order valence-corrected chi connectivity index (χ1v) is 7.00. The van der Waals surface area contributed by atoms with Crippen LogP contribution in [0.15, 0.2) is 6.07 Å². The van der Waals surface area contributed by atoms with Gasteiger partial charge < -0.3 is 4.98 Å². The number of rotatable bonds is 3. The zero-order valence-corrected chi connectivity index (χ0v) is 10.6. The van der Waals surface area contributed by atoms with E-state index in [9.17, 15) is 8.42 Å². The van der Waals surface area contributed by atoms with Gasteiger partial charge in [-0.05, 0) is 19.4 Å². The average Bonchev–Trinajstić information content (AvgIpc) is 2.14. The lowest BCUT2D eigenvalue weighted by atomic mass is 10.3. The van der Waals surface area contributed by atoms with Crippen molar-refractivity contribution in [3.63, 3.8) is 0 Å². The summed E-state index contributed by atoms with van der Waals surface area (Å²) in [6, 6.07) is 1.74. The number of aromatic amines is 1. The zero-order chi connectivity index (χ0) is 11.6. The summed E-state index contributed by atoms with van der Waals surface area (Å²) in [6.45, 7) is 3.57. The molecule has 1 rings (SSSR count). The van der Waals surface area contributed by atoms with Crippen molar-refractivity contribution in [1.82, 2.24) is 9.97 Å². The molecule has 1 unspecified atom stereocenters. The second kappa shape index (κ2) is 4.40. The minimum atomic E-state index is -3.14. The Morgan fingerprint density at radius 1 is 1.60 bits per heavy atom. The van der Waals surface area contributed by atoms with Gasteiger partial charge in [-0.15, -0.1) is 0 Å². The Balaban J connectivity index is 3.27. The number of nitrogens with zero attached hydrogens (tertiary/aromatic N) is 1. The number of aryl methyl sites for hydroxylation is 1. The lowest BCUT2D eigenvalue weighted by Gasteiger charge is -2.10. The molecule has 0 aliphatic carbocycles. The van der Waals surface area contributed by atoms with Crippen molar-refractivity contribution >= 4 is 22.1 Å². The van der Waals surface area contributed by atoms with E-state index in [-0.39, 0.29) is 0 Å².